The number of nitrogens with one attached hydrogen (secondary N) is 1. The van der Waals surface area contributed by atoms with Crippen LogP contribution in [0, 0.1) is 0 Å². The minimum atomic E-state index is -0.174. The van der Waals surface area contributed by atoms with Gasteiger partial charge in [-0.25, -0.2) is 9.80 Å². The van der Waals surface area contributed by atoms with Crippen LogP contribution >= 0.6 is 11.6 Å². The van der Waals surface area contributed by atoms with Crippen molar-refractivity contribution in [2.75, 3.05) is 13.1 Å². The normalized spacial score (nSPS) is 15.7. The summed E-state index contributed by atoms with van der Waals surface area (Å²) in [5.74, 6) is 0. The Morgan fingerprint density at radius 2 is 2.21 bits per heavy atom. The molecular weight excluding hydrogens is 264 g/mol. The van der Waals surface area contributed by atoms with Crippen LogP contribution in [0.1, 0.15) is 5.56 Å². The Balaban J connectivity index is 2.03. The molecule has 1 fully saturated rings. The van der Waals surface area contributed by atoms with Crippen molar-refractivity contribution in [2.45, 2.75) is 0 Å². The van der Waals surface area contributed by atoms with Crippen LogP contribution in [0.25, 0.3) is 10.9 Å². The van der Waals surface area contributed by atoms with Gasteiger partial charge in [0, 0.05) is 30.1 Å². The molecule has 98 valence electrons. The van der Waals surface area contributed by atoms with Crippen molar-refractivity contribution in [3.05, 3.63) is 35.0 Å². The Kier molecular flexibility index (Phi) is 2.91. The molecule has 0 saturated carbocycles. The third-order valence-electron chi connectivity index (χ3n) is 3.23. The van der Waals surface area contributed by atoms with E-state index in [-0.39, 0.29) is 6.03 Å². The highest BCUT2D eigenvalue weighted by Crippen LogP contribution is 2.27. The van der Waals surface area contributed by atoms with Gasteiger partial charge in [0.2, 0.25) is 0 Å². The van der Waals surface area contributed by atoms with E-state index in [0.29, 0.717) is 18.2 Å². The zero-order valence-electron chi connectivity index (χ0n) is 10.4. The molecule has 5 nitrogen and oxygen atoms in total. The van der Waals surface area contributed by atoms with Gasteiger partial charge in [-0.2, -0.15) is 5.10 Å². The van der Waals surface area contributed by atoms with Crippen LogP contribution in [0.4, 0.5) is 4.79 Å². The lowest BCUT2D eigenvalue weighted by molar-refractivity contribution is 0.219. The van der Waals surface area contributed by atoms with E-state index in [1.807, 2.05) is 35.9 Å². The van der Waals surface area contributed by atoms with Crippen molar-refractivity contribution < 1.29 is 4.79 Å². The van der Waals surface area contributed by atoms with E-state index < -0.39 is 0 Å². The number of amides is 2. The molecular formula is C13H13ClN4O. The van der Waals surface area contributed by atoms with E-state index >= 15 is 0 Å². The zero-order chi connectivity index (χ0) is 13.4. The fraction of sp³-hybridized carbons (Fsp3) is 0.231. The van der Waals surface area contributed by atoms with Gasteiger partial charge in [0.1, 0.15) is 5.15 Å². The SMILES string of the molecule is Cn1c(Cl)c(/C=N/N2CCNC2=O)c2ccccc21. The van der Waals surface area contributed by atoms with Gasteiger partial charge in [0.15, 0.2) is 0 Å². The molecule has 0 unspecified atom stereocenters. The molecule has 2 amide bonds. The van der Waals surface area contributed by atoms with Crippen LogP contribution in [-0.4, -0.2) is 34.9 Å². The number of hydrogen-bond donors (Lipinski definition) is 1. The standard InChI is InChI=1S/C13H13ClN4O/c1-17-11-5-3-2-4-9(11)10(12(17)14)8-16-18-7-6-15-13(18)19/h2-5,8H,6-7H2,1H3,(H,15,19)/b16-8+. The summed E-state index contributed by atoms with van der Waals surface area (Å²) in [4.78, 5) is 11.4. The van der Waals surface area contributed by atoms with Crippen LogP contribution in [0.3, 0.4) is 0 Å². The first-order valence-corrected chi connectivity index (χ1v) is 6.38. The van der Waals surface area contributed by atoms with Gasteiger partial charge >= 0.3 is 6.03 Å². The molecule has 3 rings (SSSR count). The number of aromatic nitrogens is 1. The quantitative estimate of drug-likeness (QED) is 0.840. The summed E-state index contributed by atoms with van der Waals surface area (Å²) in [7, 11) is 1.91. The maximum atomic E-state index is 11.4. The Hall–Kier alpha value is -2.01. The minimum Gasteiger partial charge on any atom is -0.335 e. The smallest absolute Gasteiger partial charge is 0.335 e. The number of hydrogen-bond acceptors (Lipinski definition) is 2. The molecule has 2 heterocycles. The molecule has 0 atom stereocenters. The number of benzene rings is 1. The minimum absolute atomic E-state index is 0.174. The molecule has 0 aliphatic carbocycles. The number of hydrazone groups is 1. The molecule has 1 aromatic carbocycles. The van der Waals surface area contributed by atoms with E-state index in [9.17, 15) is 4.79 Å². The number of aryl methyl sites for hydroxylation is 1. The topological polar surface area (TPSA) is 49.6 Å². The van der Waals surface area contributed by atoms with Crippen LogP contribution in [0.2, 0.25) is 5.15 Å². The van der Waals surface area contributed by atoms with Crippen molar-refractivity contribution in [2.24, 2.45) is 12.1 Å². The number of urea groups is 1. The lowest BCUT2D eigenvalue weighted by Crippen LogP contribution is -2.23. The maximum Gasteiger partial charge on any atom is 0.337 e. The predicted octanol–water partition coefficient (Wildman–Crippen LogP) is 2.19. The number of nitrogens with zero attached hydrogens (tertiary/aromatic N) is 3. The second-order valence-corrected chi connectivity index (χ2v) is 4.74. The average molecular weight is 277 g/mol. The number of carbonyl (C=O) groups is 1. The van der Waals surface area contributed by atoms with Gasteiger partial charge in [-0.1, -0.05) is 29.8 Å². The average Bonchev–Trinajstić information content (AvgIpc) is 2.93. The summed E-state index contributed by atoms with van der Waals surface area (Å²) in [5, 5.41) is 9.94. The van der Waals surface area contributed by atoms with Crippen molar-refractivity contribution in [3.63, 3.8) is 0 Å². The summed E-state index contributed by atoms with van der Waals surface area (Å²) < 4.78 is 1.91. The Morgan fingerprint density at radius 1 is 1.42 bits per heavy atom. The number of fused-ring (bicyclic) bond motifs is 1. The molecule has 1 aliphatic heterocycles. The van der Waals surface area contributed by atoms with E-state index in [1.165, 1.54) is 5.01 Å². The molecule has 0 bridgehead atoms. The number of rotatable bonds is 2. The Bertz CT molecular complexity index is 677. The molecule has 1 N–H and O–H groups in total. The van der Waals surface area contributed by atoms with Crippen LogP contribution in [-0.2, 0) is 7.05 Å². The summed E-state index contributed by atoms with van der Waals surface area (Å²) in [6.45, 7) is 1.21. The highest BCUT2D eigenvalue weighted by atomic mass is 35.5. The molecule has 0 radical (unpaired) electrons. The molecule has 1 aliphatic rings. The van der Waals surface area contributed by atoms with E-state index in [1.54, 1.807) is 6.21 Å². The lowest BCUT2D eigenvalue weighted by atomic mass is 10.2. The van der Waals surface area contributed by atoms with Gasteiger partial charge in [-0.05, 0) is 6.07 Å². The second kappa shape index (κ2) is 4.59. The highest BCUT2D eigenvalue weighted by Gasteiger charge is 2.18. The van der Waals surface area contributed by atoms with E-state index in [0.717, 1.165) is 16.5 Å². The summed E-state index contributed by atoms with van der Waals surface area (Å²) >= 11 is 6.31. The van der Waals surface area contributed by atoms with Crippen molar-refractivity contribution in [1.82, 2.24) is 14.9 Å². The fourth-order valence-electron chi connectivity index (χ4n) is 2.21. The molecule has 6 heteroatoms. The Labute approximate surface area is 115 Å². The molecule has 19 heavy (non-hydrogen) atoms. The maximum absolute atomic E-state index is 11.4. The number of carbonyl (C=O) groups excluding carboxylic acids is 1. The van der Waals surface area contributed by atoms with Crippen LogP contribution in [0.15, 0.2) is 29.4 Å². The van der Waals surface area contributed by atoms with Crippen LogP contribution < -0.4 is 5.32 Å². The summed E-state index contributed by atoms with van der Waals surface area (Å²) in [6, 6.07) is 7.74. The van der Waals surface area contributed by atoms with Gasteiger partial charge in [0.05, 0.1) is 12.8 Å². The van der Waals surface area contributed by atoms with Crippen molar-refractivity contribution in [3.8, 4) is 0 Å². The van der Waals surface area contributed by atoms with Crippen LogP contribution in [0.5, 0.6) is 0 Å². The largest absolute Gasteiger partial charge is 0.337 e. The van der Waals surface area contributed by atoms with Crippen molar-refractivity contribution in [1.29, 1.82) is 0 Å². The van der Waals surface area contributed by atoms with Crippen molar-refractivity contribution >= 4 is 34.7 Å². The first-order chi connectivity index (χ1) is 9.18. The lowest BCUT2D eigenvalue weighted by Gasteiger charge is -2.05. The van der Waals surface area contributed by atoms with E-state index in [2.05, 4.69) is 10.4 Å². The van der Waals surface area contributed by atoms with Gasteiger partial charge in [-0.3, -0.25) is 0 Å². The first-order valence-electron chi connectivity index (χ1n) is 6.01. The number of halogens is 1. The molecule has 1 aromatic heterocycles. The van der Waals surface area contributed by atoms with Gasteiger partial charge < -0.3 is 9.88 Å². The fourth-order valence-corrected chi connectivity index (χ4v) is 2.46. The third kappa shape index (κ3) is 1.96. The highest BCUT2D eigenvalue weighted by molar-refractivity contribution is 6.34. The van der Waals surface area contributed by atoms with E-state index in [4.69, 9.17) is 11.6 Å². The summed E-state index contributed by atoms with van der Waals surface area (Å²) in [6.07, 6.45) is 1.65. The predicted molar refractivity (Wildman–Crippen MR) is 75.6 cm³/mol. The molecule has 0 spiro atoms. The Morgan fingerprint density at radius 3 is 2.95 bits per heavy atom. The summed E-state index contributed by atoms with van der Waals surface area (Å²) in [5.41, 5.74) is 1.87. The molecule has 2 aromatic rings. The molecule has 1 saturated heterocycles. The van der Waals surface area contributed by atoms with Gasteiger partial charge in [-0.15, -0.1) is 0 Å². The zero-order valence-corrected chi connectivity index (χ0v) is 11.2. The second-order valence-electron chi connectivity index (χ2n) is 4.38. The third-order valence-corrected chi connectivity index (χ3v) is 3.69. The first kappa shape index (κ1) is 12.0. The van der Waals surface area contributed by atoms with Gasteiger partial charge in [0.25, 0.3) is 0 Å². The number of para-hydroxylation sites is 1. The monoisotopic (exact) mass is 276 g/mol.